The summed E-state index contributed by atoms with van der Waals surface area (Å²) in [6, 6.07) is 3.77. The summed E-state index contributed by atoms with van der Waals surface area (Å²) in [6.45, 7) is 9.70. The molecule has 5 nitrogen and oxygen atoms in total. The Kier molecular flexibility index (Phi) is 7.96. The van der Waals surface area contributed by atoms with Crippen LogP contribution in [0.1, 0.15) is 40.4 Å². The third-order valence-corrected chi connectivity index (χ3v) is 3.97. The zero-order valence-electron chi connectivity index (χ0n) is 15.6. The second kappa shape index (κ2) is 9.25. The maximum atomic E-state index is 12.7. The summed E-state index contributed by atoms with van der Waals surface area (Å²) in [5.41, 5.74) is -0.117. The van der Waals surface area contributed by atoms with Gasteiger partial charge in [0, 0.05) is 13.1 Å². The lowest BCUT2D eigenvalue weighted by atomic mass is 10.2. The van der Waals surface area contributed by atoms with Gasteiger partial charge in [-0.3, -0.25) is 4.90 Å². The highest BCUT2D eigenvalue weighted by molar-refractivity contribution is 7.83. The van der Waals surface area contributed by atoms with Crippen molar-refractivity contribution < 1.29 is 13.9 Å². The van der Waals surface area contributed by atoms with Crippen LogP contribution in [0.15, 0.2) is 45.2 Å². The molecule has 7 heteroatoms. The molecule has 0 atom stereocenters. The minimum atomic E-state index is -0.623. The van der Waals surface area contributed by atoms with Crippen molar-refractivity contribution in [1.29, 1.82) is 0 Å². The molecule has 0 aliphatic rings. The van der Waals surface area contributed by atoms with E-state index < -0.39 is 11.7 Å². The Labute approximate surface area is 160 Å². The van der Waals surface area contributed by atoms with Gasteiger partial charge in [0.25, 0.3) is 0 Å². The van der Waals surface area contributed by atoms with Crippen LogP contribution in [0.5, 0.6) is 0 Å². The van der Waals surface area contributed by atoms with Gasteiger partial charge in [0.2, 0.25) is 0 Å². The van der Waals surface area contributed by atoms with E-state index in [1.165, 1.54) is 10.3 Å². The molecule has 1 aromatic rings. The van der Waals surface area contributed by atoms with Crippen LogP contribution in [0.3, 0.4) is 0 Å². The summed E-state index contributed by atoms with van der Waals surface area (Å²) < 4.78 is 10.9. The van der Waals surface area contributed by atoms with E-state index in [2.05, 4.69) is 12.6 Å². The first-order valence-corrected chi connectivity index (χ1v) is 8.92. The number of thiol groups is 1. The Balaban J connectivity index is 3.14. The van der Waals surface area contributed by atoms with Gasteiger partial charge in [0.05, 0.1) is 18.5 Å². The van der Waals surface area contributed by atoms with Crippen LogP contribution >= 0.6 is 24.2 Å². The molecule has 0 unspecified atom stereocenters. The second-order valence-electron chi connectivity index (χ2n) is 6.87. The van der Waals surface area contributed by atoms with Crippen molar-refractivity contribution in [2.24, 2.45) is 0 Å². The number of hydrogen-bond acceptors (Lipinski definition) is 5. The molecule has 1 heterocycles. The lowest BCUT2D eigenvalue weighted by Crippen LogP contribution is -2.35. The minimum Gasteiger partial charge on any atom is -0.467 e. The minimum absolute atomic E-state index is 0.209. The molecule has 1 amide bonds. The molecule has 0 saturated heterocycles. The normalized spacial score (nSPS) is 13.2. The standard InChI is InChI=1S/C18H27ClN2O3S/c1-13(2)20(6)16(19)10-14(12-25)21(11-15-8-7-9-23-15)17(22)24-18(3,4)5/h7-10,12-13,25H,11H2,1-6H3/b14-12-,16-10-. The van der Waals surface area contributed by atoms with Gasteiger partial charge in [-0.05, 0) is 58.2 Å². The van der Waals surface area contributed by atoms with Crippen LogP contribution in [0.2, 0.25) is 0 Å². The van der Waals surface area contributed by atoms with Gasteiger partial charge in [-0.1, -0.05) is 11.6 Å². The zero-order chi connectivity index (χ0) is 19.2. The van der Waals surface area contributed by atoms with Crippen LogP contribution in [-0.4, -0.2) is 34.6 Å². The Morgan fingerprint density at radius 2 is 2.08 bits per heavy atom. The average Bonchev–Trinajstić information content (AvgIpc) is 3.00. The lowest BCUT2D eigenvalue weighted by Gasteiger charge is -2.28. The Morgan fingerprint density at radius 1 is 1.44 bits per heavy atom. The number of allylic oxidation sites excluding steroid dienone is 1. The highest BCUT2D eigenvalue weighted by Crippen LogP contribution is 2.22. The van der Waals surface area contributed by atoms with E-state index in [4.69, 9.17) is 20.8 Å². The molecule has 1 aromatic heterocycles. The molecule has 0 radical (unpaired) electrons. The Hall–Kier alpha value is -1.53. The Bertz CT molecular complexity index is 619. The number of carbonyl (C=O) groups is 1. The number of amides is 1. The van der Waals surface area contributed by atoms with Crippen LogP contribution in [0.25, 0.3) is 0 Å². The highest BCUT2D eigenvalue weighted by atomic mass is 35.5. The molecular weight excluding hydrogens is 360 g/mol. The number of rotatable bonds is 6. The van der Waals surface area contributed by atoms with Gasteiger partial charge in [-0.15, -0.1) is 12.6 Å². The van der Waals surface area contributed by atoms with Crippen molar-refractivity contribution in [3.05, 3.63) is 46.5 Å². The van der Waals surface area contributed by atoms with Crippen molar-refractivity contribution in [1.82, 2.24) is 9.80 Å². The molecule has 0 aliphatic heterocycles. The first-order valence-electron chi connectivity index (χ1n) is 8.02. The van der Waals surface area contributed by atoms with Gasteiger partial charge >= 0.3 is 6.09 Å². The van der Waals surface area contributed by atoms with Crippen molar-refractivity contribution in [3.63, 3.8) is 0 Å². The van der Waals surface area contributed by atoms with E-state index in [-0.39, 0.29) is 12.6 Å². The maximum absolute atomic E-state index is 12.7. The van der Waals surface area contributed by atoms with Crippen LogP contribution < -0.4 is 0 Å². The Morgan fingerprint density at radius 3 is 2.52 bits per heavy atom. The fraction of sp³-hybridized carbons (Fsp3) is 0.500. The topological polar surface area (TPSA) is 45.9 Å². The van der Waals surface area contributed by atoms with Gasteiger partial charge < -0.3 is 14.1 Å². The molecule has 1 rings (SSSR count). The second-order valence-corrected chi connectivity index (χ2v) is 7.52. The van der Waals surface area contributed by atoms with Crippen molar-refractivity contribution >= 4 is 30.3 Å². The molecule has 25 heavy (non-hydrogen) atoms. The molecular formula is C18H27ClN2O3S. The molecule has 0 aliphatic carbocycles. The monoisotopic (exact) mass is 386 g/mol. The molecule has 0 saturated carbocycles. The number of carbonyl (C=O) groups excluding carboxylic acids is 1. The number of hydrogen-bond donors (Lipinski definition) is 1. The molecule has 0 bridgehead atoms. The van der Waals surface area contributed by atoms with Gasteiger partial charge in [-0.25, -0.2) is 4.79 Å². The summed E-state index contributed by atoms with van der Waals surface area (Å²) in [4.78, 5) is 16.0. The number of halogens is 1. The first-order chi connectivity index (χ1) is 11.5. The van der Waals surface area contributed by atoms with E-state index in [0.717, 1.165) is 0 Å². The largest absolute Gasteiger partial charge is 0.467 e. The molecule has 0 fully saturated rings. The van der Waals surface area contributed by atoms with Gasteiger partial charge in [0.1, 0.15) is 16.5 Å². The van der Waals surface area contributed by atoms with Crippen LogP contribution in [0.4, 0.5) is 4.79 Å². The number of furan rings is 1. The van der Waals surface area contributed by atoms with E-state index in [1.54, 1.807) is 24.5 Å². The summed E-state index contributed by atoms with van der Waals surface area (Å²) >= 11 is 10.6. The SMILES string of the molecule is CC(C)N(C)/C(Cl)=C\C(=C\S)N(Cc1ccco1)C(=O)OC(C)(C)C. The third-order valence-electron chi connectivity index (χ3n) is 3.33. The van der Waals surface area contributed by atoms with Crippen molar-refractivity contribution in [3.8, 4) is 0 Å². The van der Waals surface area contributed by atoms with E-state index in [9.17, 15) is 4.79 Å². The fourth-order valence-electron chi connectivity index (χ4n) is 1.79. The van der Waals surface area contributed by atoms with E-state index in [0.29, 0.717) is 16.6 Å². The third kappa shape index (κ3) is 7.08. The summed E-state index contributed by atoms with van der Waals surface area (Å²) in [7, 11) is 1.88. The average molecular weight is 387 g/mol. The smallest absolute Gasteiger partial charge is 0.415 e. The fourth-order valence-corrected chi connectivity index (χ4v) is 2.31. The predicted molar refractivity (Wildman–Crippen MR) is 104 cm³/mol. The maximum Gasteiger partial charge on any atom is 0.415 e. The van der Waals surface area contributed by atoms with Crippen molar-refractivity contribution in [2.75, 3.05) is 7.05 Å². The summed E-state index contributed by atoms with van der Waals surface area (Å²) in [5.74, 6) is 0.625. The number of ether oxygens (including phenoxy) is 1. The highest BCUT2D eigenvalue weighted by Gasteiger charge is 2.25. The summed E-state index contributed by atoms with van der Waals surface area (Å²) in [5, 5.41) is 2.01. The molecule has 0 spiro atoms. The van der Waals surface area contributed by atoms with Crippen LogP contribution in [0, 0.1) is 0 Å². The van der Waals surface area contributed by atoms with E-state index >= 15 is 0 Å². The van der Waals surface area contributed by atoms with Gasteiger partial charge in [0.15, 0.2) is 0 Å². The predicted octanol–water partition coefficient (Wildman–Crippen LogP) is 5.21. The number of nitrogens with zero attached hydrogens (tertiary/aromatic N) is 2. The molecule has 0 N–H and O–H groups in total. The zero-order valence-corrected chi connectivity index (χ0v) is 17.3. The lowest BCUT2D eigenvalue weighted by molar-refractivity contribution is 0.0297. The summed E-state index contributed by atoms with van der Waals surface area (Å²) in [6.07, 6.45) is 2.74. The molecule has 140 valence electrons. The molecule has 0 aromatic carbocycles. The van der Waals surface area contributed by atoms with Crippen LogP contribution in [-0.2, 0) is 11.3 Å². The first kappa shape index (κ1) is 21.5. The van der Waals surface area contributed by atoms with Crippen molar-refractivity contribution in [2.45, 2.75) is 52.8 Å². The van der Waals surface area contributed by atoms with E-state index in [1.807, 2.05) is 46.6 Å². The quantitative estimate of drug-likeness (QED) is 0.414. The van der Waals surface area contributed by atoms with Gasteiger partial charge in [-0.2, -0.15) is 0 Å².